The van der Waals surface area contributed by atoms with Gasteiger partial charge in [-0.3, -0.25) is 9.59 Å². The molecule has 0 aliphatic carbocycles. The van der Waals surface area contributed by atoms with Crippen molar-refractivity contribution in [1.82, 2.24) is 0 Å². The number of carbonyl (C=O) groups is 2. The van der Waals surface area contributed by atoms with Crippen LogP contribution in [0.2, 0.25) is 0 Å². The van der Waals surface area contributed by atoms with Gasteiger partial charge in [-0.25, -0.2) is 0 Å². The Labute approximate surface area is 167 Å². The highest BCUT2D eigenvalue weighted by molar-refractivity contribution is 5.67. The summed E-state index contributed by atoms with van der Waals surface area (Å²) in [6.45, 7) is 6.98. The number of aliphatic hydroxyl groups excluding tert-OH is 5. The van der Waals surface area contributed by atoms with Gasteiger partial charge in [-0.2, -0.15) is 0 Å². The molecule has 10 nitrogen and oxygen atoms in total. The predicted molar refractivity (Wildman–Crippen MR) is 104 cm³/mol. The van der Waals surface area contributed by atoms with Gasteiger partial charge in [-0.1, -0.05) is 27.2 Å². The highest BCUT2D eigenvalue weighted by Crippen LogP contribution is 2.10. The second kappa shape index (κ2) is 23.7. The zero-order valence-electron chi connectivity index (χ0n) is 17.4. The Morgan fingerprint density at radius 3 is 1.25 bits per heavy atom. The minimum Gasteiger partial charge on any atom is -0.481 e. The van der Waals surface area contributed by atoms with Crippen LogP contribution < -0.4 is 0 Å². The first-order chi connectivity index (χ1) is 12.8. The standard InChI is InChI=1S/C6H10O4.C5H12O2.C4H10O2.C3H8O2/c7-5(8)3-1-2-4-6(9)10;1-5(2,3-6)4-7;1-2-3-4(5)6;1-3(5)2-4/h1-4H2,(H,7,8)(H,9,10);6-7H,3-4H2,1-2H3;4-6H,2-3H2,1H3;3-5H,2H2,1H3. The SMILES string of the molecule is CC(C)(CO)CO.CC(O)CO.CCCC(O)O.O=C(O)CCCCC(=O)O. The monoisotopic (exact) mass is 416 g/mol. The molecule has 10 heteroatoms. The van der Waals surface area contributed by atoms with Gasteiger partial charge in [-0.05, 0) is 26.2 Å². The van der Waals surface area contributed by atoms with E-state index < -0.39 is 24.3 Å². The number of rotatable bonds is 10. The molecule has 1 unspecified atom stereocenters. The Morgan fingerprint density at radius 1 is 0.857 bits per heavy atom. The number of unbranched alkanes of at least 4 members (excludes halogenated alkanes) is 1. The van der Waals surface area contributed by atoms with Crippen LogP contribution in [0.15, 0.2) is 0 Å². The molecule has 0 aliphatic heterocycles. The topological polar surface area (TPSA) is 196 Å². The van der Waals surface area contributed by atoms with Gasteiger partial charge in [0.2, 0.25) is 0 Å². The molecule has 0 aromatic carbocycles. The number of hydrogen-bond donors (Lipinski definition) is 8. The smallest absolute Gasteiger partial charge is 0.303 e. The van der Waals surface area contributed by atoms with E-state index in [0.29, 0.717) is 19.3 Å². The second-order valence-corrected chi connectivity index (χ2v) is 6.78. The van der Waals surface area contributed by atoms with Crippen LogP contribution in [0.25, 0.3) is 0 Å². The first-order valence-electron chi connectivity index (χ1n) is 9.09. The van der Waals surface area contributed by atoms with Crippen molar-refractivity contribution in [2.24, 2.45) is 5.41 Å². The maximum Gasteiger partial charge on any atom is 0.303 e. The van der Waals surface area contributed by atoms with Crippen LogP contribution in [0.4, 0.5) is 0 Å². The van der Waals surface area contributed by atoms with Crippen molar-refractivity contribution < 1.29 is 50.4 Å². The molecule has 0 rings (SSSR count). The number of carboxylic acid groups (broad SMARTS) is 2. The van der Waals surface area contributed by atoms with Crippen molar-refractivity contribution in [3.63, 3.8) is 0 Å². The summed E-state index contributed by atoms with van der Waals surface area (Å²) < 4.78 is 0. The number of aliphatic carboxylic acids is 2. The van der Waals surface area contributed by atoms with E-state index in [4.69, 9.17) is 40.9 Å². The van der Waals surface area contributed by atoms with Crippen LogP contribution >= 0.6 is 0 Å². The van der Waals surface area contributed by atoms with Crippen LogP contribution in [0.3, 0.4) is 0 Å². The Morgan fingerprint density at radius 2 is 1.18 bits per heavy atom. The maximum atomic E-state index is 9.90. The average Bonchev–Trinajstić information content (AvgIpc) is 2.60. The summed E-state index contributed by atoms with van der Waals surface area (Å²) >= 11 is 0. The molecule has 0 aromatic heterocycles. The molecule has 0 aliphatic rings. The number of hydrogen-bond acceptors (Lipinski definition) is 8. The molecule has 0 spiro atoms. The fraction of sp³-hybridized carbons (Fsp3) is 0.889. The minimum atomic E-state index is -1.10. The summed E-state index contributed by atoms with van der Waals surface area (Å²) in [5.41, 5.74) is -0.306. The first-order valence-corrected chi connectivity index (χ1v) is 9.09. The summed E-state index contributed by atoms with van der Waals surface area (Å²) in [5, 5.41) is 65.4. The van der Waals surface area contributed by atoms with Crippen LogP contribution in [0.5, 0.6) is 0 Å². The molecule has 1 atom stereocenters. The highest BCUT2D eigenvalue weighted by Gasteiger charge is 2.13. The van der Waals surface area contributed by atoms with Crippen LogP contribution in [-0.2, 0) is 9.59 Å². The van der Waals surface area contributed by atoms with Crippen molar-refractivity contribution in [3.05, 3.63) is 0 Å². The van der Waals surface area contributed by atoms with Crippen LogP contribution in [-0.4, -0.2) is 85.0 Å². The first kappa shape index (κ1) is 34.2. The van der Waals surface area contributed by atoms with Crippen molar-refractivity contribution in [3.8, 4) is 0 Å². The van der Waals surface area contributed by atoms with Gasteiger partial charge in [-0.15, -0.1) is 0 Å². The van der Waals surface area contributed by atoms with Gasteiger partial charge in [0.15, 0.2) is 6.29 Å². The molecule has 8 N–H and O–H groups in total. The van der Waals surface area contributed by atoms with Crippen LogP contribution in [0.1, 0.15) is 66.2 Å². The lowest BCUT2D eigenvalue weighted by atomic mass is 9.97. The highest BCUT2D eigenvalue weighted by atomic mass is 16.5. The molecular formula is C18H40O10. The fourth-order valence-corrected chi connectivity index (χ4v) is 0.861. The van der Waals surface area contributed by atoms with E-state index in [0.717, 1.165) is 6.42 Å². The quantitative estimate of drug-likeness (QED) is 0.179. The molecule has 0 saturated heterocycles. The van der Waals surface area contributed by atoms with Crippen LogP contribution in [0, 0.1) is 5.41 Å². The molecular weight excluding hydrogens is 376 g/mol. The molecule has 0 bridgehead atoms. The Hall–Kier alpha value is -1.30. The lowest BCUT2D eigenvalue weighted by Crippen LogP contribution is -2.20. The normalized spacial score (nSPS) is 11.1. The third-order valence-electron chi connectivity index (χ3n) is 2.70. The summed E-state index contributed by atoms with van der Waals surface area (Å²) in [7, 11) is 0. The second-order valence-electron chi connectivity index (χ2n) is 6.78. The molecule has 0 amide bonds. The maximum absolute atomic E-state index is 9.90. The third kappa shape index (κ3) is 49.7. The number of carboxylic acids is 2. The lowest BCUT2D eigenvalue weighted by Gasteiger charge is -2.16. The van der Waals surface area contributed by atoms with Crippen molar-refractivity contribution in [2.45, 2.75) is 78.6 Å². The van der Waals surface area contributed by atoms with E-state index in [-0.39, 0.29) is 38.1 Å². The molecule has 0 aromatic rings. The zero-order valence-corrected chi connectivity index (χ0v) is 17.4. The lowest BCUT2D eigenvalue weighted by molar-refractivity contribution is -0.139. The molecule has 0 heterocycles. The molecule has 172 valence electrons. The van der Waals surface area contributed by atoms with Gasteiger partial charge in [0.25, 0.3) is 0 Å². The molecule has 0 radical (unpaired) electrons. The summed E-state index contributed by atoms with van der Waals surface area (Å²) in [4.78, 5) is 19.8. The molecule has 0 fully saturated rings. The summed E-state index contributed by atoms with van der Waals surface area (Å²) in [6.07, 6.45) is 0.673. The third-order valence-corrected chi connectivity index (χ3v) is 2.70. The van der Waals surface area contributed by atoms with E-state index in [1.54, 1.807) is 13.8 Å². The van der Waals surface area contributed by atoms with E-state index in [1.165, 1.54) is 6.92 Å². The van der Waals surface area contributed by atoms with Gasteiger partial charge in [0.05, 0.1) is 25.9 Å². The average molecular weight is 417 g/mol. The Kier molecular flexibility index (Phi) is 29.0. The van der Waals surface area contributed by atoms with Gasteiger partial charge in [0, 0.05) is 18.3 Å². The Bertz CT molecular complexity index is 321. The summed E-state index contributed by atoms with van der Waals surface area (Å²) in [6, 6.07) is 0. The van der Waals surface area contributed by atoms with Crippen molar-refractivity contribution in [2.75, 3.05) is 19.8 Å². The molecule has 28 heavy (non-hydrogen) atoms. The van der Waals surface area contributed by atoms with E-state index in [9.17, 15) is 9.59 Å². The fourth-order valence-electron chi connectivity index (χ4n) is 0.861. The zero-order chi connectivity index (χ0) is 23.2. The Balaban J connectivity index is -0.000000142. The van der Waals surface area contributed by atoms with Crippen molar-refractivity contribution in [1.29, 1.82) is 0 Å². The summed E-state index contributed by atoms with van der Waals surface area (Å²) in [5.74, 6) is -1.74. The molecule has 0 saturated carbocycles. The van der Waals surface area contributed by atoms with Gasteiger partial charge < -0.3 is 40.9 Å². The minimum absolute atomic E-state index is 0.0451. The van der Waals surface area contributed by atoms with E-state index >= 15 is 0 Å². The van der Waals surface area contributed by atoms with E-state index in [2.05, 4.69) is 0 Å². The number of aliphatic hydroxyl groups is 6. The largest absolute Gasteiger partial charge is 0.481 e. The van der Waals surface area contributed by atoms with Gasteiger partial charge in [0.1, 0.15) is 0 Å². The van der Waals surface area contributed by atoms with Gasteiger partial charge >= 0.3 is 11.9 Å². The predicted octanol–water partition coefficient (Wildman–Crippen LogP) is 0.170. The van der Waals surface area contributed by atoms with Crippen molar-refractivity contribution >= 4 is 11.9 Å². The van der Waals surface area contributed by atoms with E-state index in [1.807, 2.05) is 6.92 Å².